The Morgan fingerprint density at radius 2 is 2.33 bits per heavy atom. The van der Waals surface area contributed by atoms with Gasteiger partial charge in [0.25, 0.3) is 0 Å². The van der Waals surface area contributed by atoms with Crippen LogP contribution >= 0.6 is 0 Å². The van der Waals surface area contributed by atoms with Crippen LogP contribution in [-0.4, -0.2) is 50.7 Å². The monoisotopic (exact) mass is 214 g/mol. The van der Waals surface area contributed by atoms with Crippen LogP contribution in [0.1, 0.15) is 25.7 Å². The number of carbonyl (C=O) groups is 1. The quantitative estimate of drug-likeness (QED) is 0.729. The van der Waals surface area contributed by atoms with Crippen LogP contribution in [0.25, 0.3) is 0 Å². The molecule has 1 heterocycles. The van der Waals surface area contributed by atoms with Gasteiger partial charge in [-0.1, -0.05) is 0 Å². The fourth-order valence-electron chi connectivity index (χ4n) is 2.11. The standard InChI is InChI=1S/C11H22N2O2/c1-12-9-10-5-3-4-7-13(10)11(14)6-8-15-2/h10,12H,3-9H2,1-2H3. The number of amides is 1. The average molecular weight is 214 g/mol. The Hall–Kier alpha value is -0.610. The zero-order valence-electron chi connectivity index (χ0n) is 9.79. The van der Waals surface area contributed by atoms with Crippen LogP contribution in [0.5, 0.6) is 0 Å². The third-order valence-corrected chi connectivity index (χ3v) is 2.91. The van der Waals surface area contributed by atoms with Crippen LogP contribution in [0.4, 0.5) is 0 Å². The van der Waals surface area contributed by atoms with Crippen LogP contribution < -0.4 is 5.32 Å². The molecule has 0 radical (unpaired) electrons. The number of nitrogens with one attached hydrogen (secondary N) is 1. The van der Waals surface area contributed by atoms with E-state index in [1.165, 1.54) is 6.42 Å². The van der Waals surface area contributed by atoms with Crippen molar-refractivity contribution in [3.05, 3.63) is 0 Å². The topological polar surface area (TPSA) is 41.6 Å². The van der Waals surface area contributed by atoms with E-state index in [9.17, 15) is 4.79 Å². The van der Waals surface area contributed by atoms with Crippen molar-refractivity contribution in [1.29, 1.82) is 0 Å². The maximum Gasteiger partial charge on any atom is 0.225 e. The summed E-state index contributed by atoms with van der Waals surface area (Å²) < 4.78 is 4.94. The van der Waals surface area contributed by atoms with E-state index < -0.39 is 0 Å². The Morgan fingerprint density at radius 1 is 1.53 bits per heavy atom. The molecule has 1 unspecified atom stereocenters. The number of ether oxygens (including phenoxy) is 1. The number of likely N-dealkylation sites (tertiary alicyclic amines) is 1. The first-order chi connectivity index (χ1) is 7.29. The van der Waals surface area contributed by atoms with E-state index in [1.807, 2.05) is 11.9 Å². The predicted octanol–water partition coefficient (Wildman–Crippen LogP) is 0.623. The van der Waals surface area contributed by atoms with Crippen molar-refractivity contribution in [3.8, 4) is 0 Å². The van der Waals surface area contributed by atoms with Gasteiger partial charge in [0.2, 0.25) is 5.91 Å². The molecule has 1 aliphatic rings. The number of hydrogen-bond acceptors (Lipinski definition) is 3. The minimum absolute atomic E-state index is 0.233. The van der Waals surface area contributed by atoms with Gasteiger partial charge in [-0.2, -0.15) is 0 Å². The van der Waals surface area contributed by atoms with Gasteiger partial charge in [0.05, 0.1) is 13.0 Å². The first kappa shape index (κ1) is 12.5. The summed E-state index contributed by atoms with van der Waals surface area (Å²) in [6.45, 7) is 2.34. The van der Waals surface area contributed by atoms with Crippen LogP contribution in [0, 0.1) is 0 Å². The highest BCUT2D eigenvalue weighted by atomic mass is 16.5. The molecular weight excluding hydrogens is 192 g/mol. The van der Waals surface area contributed by atoms with Gasteiger partial charge in [-0.25, -0.2) is 0 Å². The summed E-state index contributed by atoms with van der Waals surface area (Å²) in [5.41, 5.74) is 0. The van der Waals surface area contributed by atoms with Gasteiger partial charge < -0.3 is 15.0 Å². The Morgan fingerprint density at radius 3 is 3.00 bits per heavy atom. The highest BCUT2D eigenvalue weighted by Gasteiger charge is 2.25. The molecule has 0 aromatic rings. The van der Waals surface area contributed by atoms with Crippen molar-refractivity contribution in [1.82, 2.24) is 10.2 Å². The normalized spacial score (nSPS) is 21.7. The molecule has 1 fully saturated rings. The molecule has 0 saturated carbocycles. The minimum Gasteiger partial charge on any atom is -0.384 e. The molecule has 0 bridgehead atoms. The summed E-state index contributed by atoms with van der Waals surface area (Å²) in [5, 5.41) is 3.15. The van der Waals surface area contributed by atoms with E-state index in [0.29, 0.717) is 19.1 Å². The van der Waals surface area contributed by atoms with Gasteiger partial charge in [-0.15, -0.1) is 0 Å². The lowest BCUT2D eigenvalue weighted by Crippen LogP contribution is -2.48. The van der Waals surface area contributed by atoms with E-state index in [0.717, 1.165) is 25.9 Å². The van der Waals surface area contributed by atoms with Crippen molar-refractivity contribution in [3.63, 3.8) is 0 Å². The molecular formula is C11H22N2O2. The molecule has 0 aromatic carbocycles. The molecule has 0 aliphatic carbocycles. The van der Waals surface area contributed by atoms with Crippen molar-refractivity contribution in [2.24, 2.45) is 0 Å². The fraction of sp³-hybridized carbons (Fsp3) is 0.909. The Bertz CT molecular complexity index is 195. The maximum absolute atomic E-state index is 11.9. The maximum atomic E-state index is 11.9. The summed E-state index contributed by atoms with van der Waals surface area (Å²) in [6, 6.07) is 0.383. The first-order valence-corrected chi connectivity index (χ1v) is 5.72. The van der Waals surface area contributed by atoms with E-state index in [2.05, 4.69) is 5.32 Å². The Balaban J connectivity index is 2.43. The highest BCUT2D eigenvalue weighted by molar-refractivity contribution is 5.76. The van der Waals surface area contributed by atoms with Gasteiger partial charge in [-0.05, 0) is 26.3 Å². The Kier molecular flexibility index (Phi) is 5.65. The van der Waals surface area contributed by atoms with E-state index in [1.54, 1.807) is 7.11 Å². The van der Waals surface area contributed by atoms with E-state index >= 15 is 0 Å². The molecule has 4 heteroatoms. The van der Waals surface area contributed by atoms with Crippen molar-refractivity contribution >= 4 is 5.91 Å². The highest BCUT2D eigenvalue weighted by Crippen LogP contribution is 2.17. The summed E-state index contributed by atoms with van der Waals surface area (Å²) in [5.74, 6) is 0.233. The molecule has 0 aromatic heterocycles. The lowest BCUT2D eigenvalue weighted by Gasteiger charge is -2.35. The van der Waals surface area contributed by atoms with Crippen molar-refractivity contribution < 1.29 is 9.53 Å². The van der Waals surface area contributed by atoms with Crippen LogP contribution in [0.3, 0.4) is 0 Å². The van der Waals surface area contributed by atoms with E-state index in [4.69, 9.17) is 4.74 Å². The van der Waals surface area contributed by atoms with E-state index in [-0.39, 0.29) is 5.91 Å². The third-order valence-electron chi connectivity index (χ3n) is 2.91. The molecule has 15 heavy (non-hydrogen) atoms. The molecule has 1 saturated heterocycles. The Labute approximate surface area is 92.0 Å². The minimum atomic E-state index is 0.233. The van der Waals surface area contributed by atoms with Crippen LogP contribution in [0.15, 0.2) is 0 Å². The number of carbonyl (C=O) groups excluding carboxylic acids is 1. The largest absolute Gasteiger partial charge is 0.384 e. The molecule has 4 nitrogen and oxygen atoms in total. The summed E-state index contributed by atoms with van der Waals surface area (Å²) in [7, 11) is 3.57. The summed E-state index contributed by atoms with van der Waals surface area (Å²) in [6.07, 6.45) is 4.01. The number of rotatable bonds is 5. The molecule has 1 amide bonds. The van der Waals surface area contributed by atoms with Gasteiger partial charge in [-0.3, -0.25) is 4.79 Å². The van der Waals surface area contributed by atoms with Crippen LogP contribution in [-0.2, 0) is 9.53 Å². The smallest absolute Gasteiger partial charge is 0.225 e. The van der Waals surface area contributed by atoms with Gasteiger partial charge in [0.15, 0.2) is 0 Å². The second-order valence-corrected chi connectivity index (χ2v) is 4.04. The van der Waals surface area contributed by atoms with Crippen LogP contribution in [0.2, 0.25) is 0 Å². The molecule has 1 atom stereocenters. The third kappa shape index (κ3) is 3.80. The predicted molar refractivity (Wildman–Crippen MR) is 59.8 cm³/mol. The zero-order valence-corrected chi connectivity index (χ0v) is 9.79. The van der Waals surface area contributed by atoms with Gasteiger partial charge >= 0.3 is 0 Å². The fourth-order valence-corrected chi connectivity index (χ4v) is 2.11. The second kappa shape index (κ2) is 6.80. The first-order valence-electron chi connectivity index (χ1n) is 5.72. The zero-order chi connectivity index (χ0) is 11.1. The SMILES string of the molecule is CNCC1CCCCN1C(=O)CCOC. The molecule has 88 valence electrons. The number of likely N-dealkylation sites (N-methyl/N-ethyl adjacent to an activating group) is 1. The number of nitrogens with zero attached hydrogens (tertiary/aromatic N) is 1. The van der Waals surface area contributed by atoms with Gasteiger partial charge in [0.1, 0.15) is 0 Å². The summed E-state index contributed by atoms with van der Waals surface area (Å²) >= 11 is 0. The lowest BCUT2D eigenvalue weighted by molar-refractivity contribution is -0.135. The summed E-state index contributed by atoms with van der Waals surface area (Å²) in [4.78, 5) is 13.9. The average Bonchev–Trinajstić information content (AvgIpc) is 2.27. The van der Waals surface area contributed by atoms with Crippen molar-refractivity contribution in [2.75, 3.05) is 33.9 Å². The second-order valence-electron chi connectivity index (χ2n) is 4.04. The number of piperidine rings is 1. The molecule has 1 N–H and O–H groups in total. The lowest BCUT2D eigenvalue weighted by atomic mass is 10.0. The van der Waals surface area contributed by atoms with Gasteiger partial charge in [0, 0.05) is 26.2 Å². The molecule has 0 spiro atoms. The number of hydrogen-bond donors (Lipinski definition) is 1. The molecule has 1 aliphatic heterocycles. The molecule has 1 rings (SSSR count). The van der Waals surface area contributed by atoms with Crippen molar-refractivity contribution in [2.45, 2.75) is 31.7 Å². The number of methoxy groups -OCH3 is 1.